The van der Waals surface area contributed by atoms with Gasteiger partial charge in [-0.1, -0.05) is 45.2 Å². The Labute approximate surface area is 123 Å². The number of benzene rings is 2. The quantitative estimate of drug-likeness (QED) is 0.634. The lowest BCUT2D eigenvalue weighted by Gasteiger charge is -2.09. The van der Waals surface area contributed by atoms with E-state index in [4.69, 9.17) is 27.9 Å². The summed E-state index contributed by atoms with van der Waals surface area (Å²) in [5.74, 6) is 0.462. The molecule has 0 amide bonds. The highest BCUT2D eigenvalue weighted by Gasteiger charge is 2.06. The van der Waals surface area contributed by atoms with Gasteiger partial charge in [-0.3, -0.25) is 0 Å². The normalized spacial score (nSPS) is 10.4. The smallest absolute Gasteiger partial charge is 0.146 e. The van der Waals surface area contributed by atoms with Gasteiger partial charge < -0.3 is 4.74 Å². The van der Waals surface area contributed by atoms with E-state index >= 15 is 0 Å². The molecule has 0 radical (unpaired) electrons. The zero-order chi connectivity index (χ0) is 13.1. The van der Waals surface area contributed by atoms with Crippen LogP contribution < -0.4 is 4.74 Å². The van der Waals surface area contributed by atoms with Crippen LogP contribution in [0.2, 0.25) is 10.0 Å². The monoisotopic (exact) mass is 348 g/mol. The molecule has 0 fully saturated rings. The molecule has 0 aliphatic heterocycles. The van der Waals surface area contributed by atoms with Crippen molar-refractivity contribution in [3.8, 4) is 11.5 Å². The van der Waals surface area contributed by atoms with Crippen molar-refractivity contribution < 1.29 is 9.13 Å². The molecule has 18 heavy (non-hydrogen) atoms. The minimum absolute atomic E-state index is 0.0145. The molecule has 2 aromatic carbocycles. The molecule has 0 aliphatic carbocycles. The van der Waals surface area contributed by atoms with E-state index in [-0.39, 0.29) is 5.02 Å². The number of halogens is 4. The van der Waals surface area contributed by atoms with E-state index in [1.165, 1.54) is 18.2 Å². The highest BCUT2D eigenvalue weighted by molar-refractivity contribution is 9.08. The molecule has 0 saturated heterocycles. The molecule has 5 heteroatoms. The van der Waals surface area contributed by atoms with E-state index < -0.39 is 5.82 Å². The SMILES string of the molecule is Fc1ccc(Oc2ccc(CBr)cc2Cl)cc1Cl. The summed E-state index contributed by atoms with van der Waals surface area (Å²) >= 11 is 15.1. The van der Waals surface area contributed by atoms with Crippen LogP contribution in [-0.4, -0.2) is 0 Å². The average molecular weight is 350 g/mol. The van der Waals surface area contributed by atoms with Gasteiger partial charge in [0.05, 0.1) is 10.0 Å². The van der Waals surface area contributed by atoms with Crippen molar-refractivity contribution in [2.45, 2.75) is 5.33 Å². The van der Waals surface area contributed by atoms with Crippen molar-refractivity contribution in [2.24, 2.45) is 0 Å². The molecule has 0 atom stereocenters. The summed E-state index contributed by atoms with van der Waals surface area (Å²) in [7, 11) is 0. The summed E-state index contributed by atoms with van der Waals surface area (Å²) in [4.78, 5) is 0. The molecule has 0 aromatic heterocycles. The van der Waals surface area contributed by atoms with Crippen LogP contribution in [0.15, 0.2) is 36.4 Å². The maximum absolute atomic E-state index is 13.0. The van der Waals surface area contributed by atoms with Gasteiger partial charge in [-0.15, -0.1) is 0 Å². The standard InChI is InChI=1S/C13H8BrCl2FO/c14-7-8-1-4-13(11(16)5-8)18-9-2-3-12(17)10(15)6-9/h1-6H,7H2. The summed E-state index contributed by atoms with van der Waals surface area (Å²) in [5, 5.41) is 1.23. The first-order valence-corrected chi connectivity index (χ1v) is 6.95. The highest BCUT2D eigenvalue weighted by atomic mass is 79.9. The number of rotatable bonds is 3. The van der Waals surface area contributed by atoms with Crippen LogP contribution in [0, 0.1) is 5.82 Å². The average Bonchev–Trinajstić information content (AvgIpc) is 2.36. The highest BCUT2D eigenvalue weighted by Crippen LogP contribution is 2.32. The molecule has 0 unspecified atom stereocenters. The van der Waals surface area contributed by atoms with Crippen LogP contribution in [-0.2, 0) is 5.33 Å². The van der Waals surface area contributed by atoms with E-state index in [0.717, 1.165) is 10.9 Å². The van der Waals surface area contributed by atoms with Crippen LogP contribution in [0.5, 0.6) is 11.5 Å². The molecule has 0 aliphatic rings. The lowest BCUT2D eigenvalue weighted by molar-refractivity contribution is 0.481. The third-order valence-electron chi connectivity index (χ3n) is 2.27. The summed E-state index contributed by atoms with van der Waals surface area (Å²) in [5.41, 5.74) is 1.05. The van der Waals surface area contributed by atoms with Gasteiger partial charge in [0.15, 0.2) is 0 Å². The number of alkyl halides is 1. The molecule has 2 rings (SSSR count). The van der Waals surface area contributed by atoms with Crippen LogP contribution in [0.4, 0.5) is 4.39 Å². The summed E-state index contributed by atoms with van der Waals surface area (Å²) in [6.45, 7) is 0. The van der Waals surface area contributed by atoms with Crippen molar-refractivity contribution in [3.05, 3.63) is 57.8 Å². The van der Waals surface area contributed by atoms with E-state index in [1.807, 2.05) is 6.07 Å². The van der Waals surface area contributed by atoms with Crippen molar-refractivity contribution in [3.63, 3.8) is 0 Å². The zero-order valence-electron chi connectivity index (χ0n) is 9.09. The fourth-order valence-electron chi connectivity index (χ4n) is 1.38. The molecule has 0 bridgehead atoms. The second-order valence-electron chi connectivity index (χ2n) is 3.58. The summed E-state index contributed by atoms with van der Waals surface area (Å²) in [6, 6.07) is 9.61. The van der Waals surface area contributed by atoms with Gasteiger partial charge in [-0.25, -0.2) is 4.39 Å². The first-order valence-electron chi connectivity index (χ1n) is 5.07. The molecule has 0 N–H and O–H groups in total. The lowest BCUT2D eigenvalue weighted by Crippen LogP contribution is -1.88. The van der Waals surface area contributed by atoms with Crippen LogP contribution >= 0.6 is 39.1 Å². The van der Waals surface area contributed by atoms with Crippen molar-refractivity contribution in [1.29, 1.82) is 0 Å². The van der Waals surface area contributed by atoms with Gasteiger partial charge in [0.2, 0.25) is 0 Å². The number of hydrogen-bond acceptors (Lipinski definition) is 1. The van der Waals surface area contributed by atoms with Gasteiger partial charge in [-0.2, -0.15) is 0 Å². The zero-order valence-corrected chi connectivity index (χ0v) is 12.2. The molecule has 0 spiro atoms. The van der Waals surface area contributed by atoms with E-state index in [9.17, 15) is 4.39 Å². The number of hydrogen-bond donors (Lipinski definition) is 0. The maximum Gasteiger partial charge on any atom is 0.146 e. The predicted molar refractivity (Wildman–Crippen MR) is 75.6 cm³/mol. The molecule has 0 saturated carbocycles. The molecule has 0 heterocycles. The Balaban J connectivity index is 2.25. The number of ether oxygens (including phenoxy) is 1. The third kappa shape index (κ3) is 3.16. The third-order valence-corrected chi connectivity index (χ3v) is 3.50. The van der Waals surface area contributed by atoms with Gasteiger partial charge in [0.25, 0.3) is 0 Å². The summed E-state index contributed by atoms with van der Waals surface area (Å²) < 4.78 is 18.5. The van der Waals surface area contributed by atoms with Gasteiger partial charge >= 0.3 is 0 Å². The van der Waals surface area contributed by atoms with Crippen molar-refractivity contribution in [2.75, 3.05) is 0 Å². The van der Waals surface area contributed by atoms with E-state index in [2.05, 4.69) is 15.9 Å². The Morgan fingerprint density at radius 1 is 1.06 bits per heavy atom. The van der Waals surface area contributed by atoms with Crippen LogP contribution in [0.25, 0.3) is 0 Å². The Morgan fingerprint density at radius 3 is 2.44 bits per heavy atom. The van der Waals surface area contributed by atoms with E-state index in [0.29, 0.717) is 16.5 Å². The minimum atomic E-state index is -0.482. The summed E-state index contributed by atoms with van der Waals surface area (Å²) in [6.07, 6.45) is 0. The fraction of sp³-hybridized carbons (Fsp3) is 0.0769. The second-order valence-corrected chi connectivity index (χ2v) is 4.95. The van der Waals surface area contributed by atoms with Gasteiger partial charge in [0.1, 0.15) is 17.3 Å². The Bertz CT molecular complexity index is 575. The van der Waals surface area contributed by atoms with Gasteiger partial charge in [0, 0.05) is 11.4 Å². The molecule has 1 nitrogen and oxygen atoms in total. The molecular weight excluding hydrogens is 342 g/mol. The lowest BCUT2D eigenvalue weighted by atomic mass is 10.2. The largest absolute Gasteiger partial charge is 0.456 e. The fourth-order valence-corrected chi connectivity index (χ4v) is 2.14. The van der Waals surface area contributed by atoms with Crippen LogP contribution in [0.1, 0.15) is 5.56 Å². The first-order chi connectivity index (χ1) is 8.60. The van der Waals surface area contributed by atoms with Crippen molar-refractivity contribution >= 4 is 39.1 Å². The Hall–Kier alpha value is -0.770. The van der Waals surface area contributed by atoms with E-state index in [1.54, 1.807) is 12.1 Å². The van der Waals surface area contributed by atoms with Crippen molar-refractivity contribution in [1.82, 2.24) is 0 Å². The molecular formula is C13H8BrCl2FO. The van der Waals surface area contributed by atoms with Gasteiger partial charge in [-0.05, 0) is 29.8 Å². The Morgan fingerprint density at radius 2 is 1.83 bits per heavy atom. The second kappa shape index (κ2) is 5.91. The first kappa shape index (κ1) is 13.7. The Kier molecular flexibility index (Phi) is 4.49. The minimum Gasteiger partial charge on any atom is -0.456 e. The molecule has 94 valence electrons. The molecule has 2 aromatic rings. The maximum atomic E-state index is 13.0. The van der Waals surface area contributed by atoms with Crippen LogP contribution in [0.3, 0.4) is 0 Å². The predicted octanol–water partition coefficient (Wildman–Crippen LogP) is 5.82. The topological polar surface area (TPSA) is 9.23 Å².